The minimum absolute atomic E-state index is 0.189. The van der Waals surface area contributed by atoms with Gasteiger partial charge in [-0.25, -0.2) is 8.78 Å². The fourth-order valence-electron chi connectivity index (χ4n) is 1.57. The molecule has 0 spiro atoms. The summed E-state index contributed by atoms with van der Waals surface area (Å²) in [7, 11) is 0. The molecule has 0 aromatic heterocycles. The Hall–Kier alpha value is -1.65. The maximum absolute atomic E-state index is 13.3. The molecule has 1 heterocycles. The van der Waals surface area contributed by atoms with Gasteiger partial charge in [-0.2, -0.15) is 0 Å². The molecule has 1 aliphatic rings. The molecule has 0 aliphatic carbocycles. The van der Waals surface area contributed by atoms with Crippen molar-refractivity contribution in [2.75, 3.05) is 11.6 Å². The lowest BCUT2D eigenvalue weighted by molar-refractivity contribution is -0.122. The van der Waals surface area contributed by atoms with E-state index in [0.29, 0.717) is 19.4 Å². The molecule has 80 valence electrons. The van der Waals surface area contributed by atoms with Gasteiger partial charge in [-0.3, -0.25) is 15.2 Å². The van der Waals surface area contributed by atoms with Gasteiger partial charge < -0.3 is 0 Å². The average molecular weight is 212 g/mol. The molecule has 3 nitrogen and oxygen atoms in total. The first kappa shape index (κ1) is 9.89. The van der Waals surface area contributed by atoms with Crippen LogP contribution in [0.1, 0.15) is 12.8 Å². The number of rotatable bonds is 1. The second kappa shape index (κ2) is 3.84. The zero-order chi connectivity index (χ0) is 10.8. The molecule has 15 heavy (non-hydrogen) atoms. The Morgan fingerprint density at radius 1 is 1.27 bits per heavy atom. The summed E-state index contributed by atoms with van der Waals surface area (Å²) < 4.78 is 26.7. The lowest BCUT2D eigenvalue weighted by atomic mass is 10.2. The summed E-state index contributed by atoms with van der Waals surface area (Å²) in [5.74, 6) is -1.56. The van der Waals surface area contributed by atoms with E-state index in [1.807, 2.05) is 0 Å². The number of nitrogens with zero attached hydrogens (tertiary/aromatic N) is 1. The van der Waals surface area contributed by atoms with E-state index in [1.165, 1.54) is 23.2 Å². The van der Waals surface area contributed by atoms with Gasteiger partial charge in [0, 0.05) is 13.0 Å². The molecular weight excluding hydrogens is 202 g/mol. The van der Waals surface area contributed by atoms with Crippen LogP contribution < -0.4 is 10.4 Å². The highest BCUT2D eigenvalue weighted by atomic mass is 19.1. The third kappa shape index (κ3) is 1.91. The maximum Gasteiger partial charge on any atom is 0.238 e. The zero-order valence-corrected chi connectivity index (χ0v) is 7.96. The van der Waals surface area contributed by atoms with Gasteiger partial charge in [-0.1, -0.05) is 6.07 Å². The largest absolute Gasteiger partial charge is 0.280 e. The molecule has 0 atom stereocenters. The van der Waals surface area contributed by atoms with E-state index in [-0.39, 0.29) is 11.6 Å². The Kier molecular flexibility index (Phi) is 2.53. The maximum atomic E-state index is 13.3. The Labute approximate surface area is 85.7 Å². The van der Waals surface area contributed by atoms with Crippen LogP contribution in [0.2, 0.25) is 0 Å². The fraction of sp³-hybridized carbons (Fsp3) is 0.300. The van der Waals surface area contributed by atoms with Gasteiger partial charge >= 0.3 is 0 Å². The van der Waals surface area contributed by atoms with E-state index in [0.717, 1.165) is 0 Å². The minimum Gasteiger partial charge on any atom is -0.280 e. The van der Waals surface area contributed by atoms with Crippen LogP contribution in [0, 0.1) is 11.6 Å². The predicted molar refractivity (Wildman–Crippen MR) is 51.1 cm³/mol. The molecule has 1 aromatic carbocycles. The topological polar surface area (TPSA) is 32.3 Å². The first-order valence-corrected chi connectivity index (χ1v) is 4.69. The van der Waals surface area contributed by atoms with E-state index >= 15 is 0 Å². The highest BCUT2D eigenvalue weighted by Gasteiger charge is 2.21. The first-order valence-electron chi connectivity index (χ1n) is 4.69. The SMILES string of the molecule is O=C1CCCN(c2c(F)cccc2F)N1. The second-order valence-electron chi connectivity index (χ2n) is 3.36. The van der Waals surface area contributed by atoms with Crippen LogP contribution in [0.15, 0.2) is 18.2 Å². The normalized spacial score (nSPS) is 16.4. The molecule has 1 aromatic rings. The Bertz CT molecular complexity index is 375. The number of nitrogens with one attached hydrogen (secondary N) is 1. The van der Waals surface area contributed by atoms with E-state index < -0.39 is 11.6 Å². The number of amides is 1. The van der Waals surface area contributed by atoms with E-state index in [2.05, 4.69) is 5.43 Å². The number of hydrogen-bond donors (Lipinski definition) is 1. The monoisotopic (exact) mass is 212 g/mol. The molecule has 1 aliphatic heterocycles. The lowest BCUT2D eigenvalue weighted by Gasteiger charge is -2.29. The van der Waals surface area contributed by atoms with Gasteiger partial charge in [-0.05, 0) is 18.6 Å². The van der Waals surface area contributed by atoms with E-state index in [4.69, 9.17) is 0 Å². The molecule has 5 heteroatoms. The van der Waals surface area contributed by atoms with Gasteiger partial charge in [0.05, 0.1) is 0 Å². The van der Waals surface area contributed by atoms with Gasteiger partial charge in [0.25, 0.3) is 0 Å². The number of para-hydroxylation sites is 1. The van der Waals surface area contributed by atoms with Crippen molar-refractivity contribution in [3.63, 3.8) is 0 Å². The first-order chi connectivity index (χ1) is 7.18. The molecule has 0 radical (unpaired) electrons. The second-order valence-corrected chi connectivity index (χ2v) is 3.36. The third-order valence-electron chi connectivity index (χ3n) is 2.25. The summed E-state index contributed by atoms with van der Waals surface area (Å²) >= 11 is 0. The Morgan fingerprint density at radius 2 is 1.93 bits per heavy atom. The highest BCUT2D eigenvalue weighted by molar-refractivity contribution is 5.79. The van der Waals surface area contributed by atoms with Crippen molar-refractivity contribution in [2.24, 2.45) is 0 Å². The molecule has 1 amide bonds. The van der Waals surface area contributed by atoms with Crippen molar-refractivity contribution >= 4 is 11.6 Å². The lowest BCUT2D eigenvalue weighted by Crippen LogP contribution is -2.47. The summed E-state index contributed by atoms with van der Waals surface area (Å²) in [4.78, 5) is 11.1. The highest BCUT2D eigenvalue weighted by Crippen LogP contribution is 2.23. The number of carbonyl (C=O) groups excluding carboxylic acids is 1. The predicted octanol–water partition coefficient (Wildman–Crippen LogP) is 1.60. The number of halogens is 2. The van der Waals surface area contributed by atoms with Crippen molar-refractivity contribution in [3.8, 4) is 0 Å². The van der Waals surface area contributed by atoms with Crippen LogP contribution in [0.5, 0.6) is 0 Å². The molecule has 2 rings (SSSR count). The molecule has 0 bridgehead atoms. The zero-order valence-electron chi connectivity index (χ0n) is 7.96. The minimum atomic E-state index is -0.669. The van der Waals surface area contributed by atoms with Crippen molar-refractivity contribution in [1.29, 1.82) is 0 Å². The smallest absolute Gasteiger partial charge is 0.238 e. The van der Waals surface area contributed by atoms with Crippen molar-refractivity contribution < 1.29 is 13.6 Å². The average Bonchev–Trinajstić information content (AvgIpc) is 2.17. The summed E-state index contributed by atoms with van der Waals surface area (Å²) in [6.07, 6.45) is 0.992. The molecular formula is C10H10F2N2O. The molecule has 0 saturated carbocycles. The Balaban J connectivity index is 2.32. The molecule has 1 N–H and O–H groups in total. The number of carbonyl (C=O) groups is 1. The number of hydrazine groups is 1. The number of benzene rings is 1. The number of hydrogen-bond acceptors (Lipinski definition) is 2. The molecule has 1 fully saturated rings. The molecule has 1 saturated heterocycles. The van der Waals surface area contributed by atoms with Crippen molar-refractivity contribution in [3.05, 3.63) is 29.8 Å². The quantitative estimate of drug-likeness (QED) is 0.766. The van der Waals surface area contributed by atoms with Gasteiger partial charge in [-0.15, -0.1) is 0 Å². The fourth-order valence-corrected chi connectivity index (χ4v) is 1.57. The third-order valence-corrected chi connectivity index (χ3v) is 2.25. The summed E-state index contributed by atoms with van der Waals surface area (Å²) in [6.45, 7) is 0.420. The van der Waals surface area contributed by atoms with Crippen LogP contribution in [-0.4, -0.2) is 12.5 Å². The Morgan fingerprint density at radius 3 is 2.53 bits per heavy atom. The van der Waals surface area contributed by atoms with E-state index in [1.54, 1.807) is 0 Å². The number of anilines is 1. The van der Waals surface area contributed by atoms with Gasteiger partial charge in [0.15, 0.2) is 11.6 Å². The van der Waals surface area contributed by atoms with Crippen molar-refractivity contribution in [1.82, 2.24) is 5.43 Å². The van der Waals surface area contributed by atoms with Crippen molar-refractivity contribution in [2.45, 2.75) is 12.8 Å². The van der Waals surface area contributed by atoms with Gasteiger partial charge in [0.2, 0.25) is 5.91 Å². The van der Waals surface area contributed by atoms with E-state index in [9.17, 15) is 13.6 Å². The van der Waals surface area contributed by atoms with Crippen LogP contribution in [0.3, 0.4) is 0 Å². The van der Waals surface area contributed by atoms with Crippen LogP contribution in [0.25, 0.3) is 0 Å². The summed E-state index contributed by atoms with van der Waals surface area (Å²) in [5, 5.41) is 1.22. The van der Waals surface area contributed by atoms with Gasteiger partial charge in [0.1, 0.15) is 5.69 Å². The summed E-state index contributed by atoms with van der Waals surface area (Å²) in [5.41, 5.74) is 2.24. The van der Waals surface area contributed by atoms with Crippen LogP contribution in [0.4, 0.5) is 14.5 Å². The van der Waals surface area contributed by atoms with Crippen LogP contribution >= 0.6 is 0 Å². The molecule has 0 unspecified atom stereocenters. The summed E-state index contributed by atoms with van der Waals surface area (Å²) in [6, 6.07) is 3.62. The standard InChI is InChI=1S/C10H10F2N2O/c11-7-3-1-4-8(12)10(7)14-6-2-5-9(15)13-14/h1,3-4H,2,5-6H2,(H,13,15). The van der Waals surface area contributed by atoms with Crippen LogP contribution in [-0.2, 0) is 4.79 Å².